The van der Waals surface area contributed by atoms with E-state index in [0.29, 0.717) is 22.1 Å². The number of rotatable bonds is 4. The molecule has 1 atom stereocenters. The lowest BCUT2D eigenvalue weighted by Gasteiger charge is -2.33. The Morgan fingerprint density at radius 1 is 1.50 bits per heavy atom. The topological polar surface area (TPSA) is 63.7 Å². The highest BCUT2D eigenvalue weighted by molar-refractivity contribution is 7.99. The van der Waals surface area contributed by atoms with Crippen molar-refractivity contribution in [2.24, 2.45) is 0 Å². The number of carbonyl (C=O) groups is 1. The molecule has 0 unspecified atom stereocenters. The average Bonchev–Trinajstić information content (AvgIpc) is 2.50. The van der Waals surface area contributed by atoms with E-state index in [9.17, 15) is 13.2 Å². The zero-order chi connectivity index (χ0) is 16.3. The predicted molar refractivity (Wildman–Crippen MR) is 87.8 cm³/mol. The summed E-state index contributed by atoms with van der Waals surface area (Å²) in [6.45, 7) is 3.87. The number of halogens is 1. The summed E-state index contributed by atoms with van der Waals surface area (Å²) in [6, 6.07) is 3.97. The van der Waals surface area contributed by atoms with Gasteiger partial charge in [0, 0.05) is 23.1 Å². The Morgan fingerprint density at radius 3 is 2.91 bits per heavy atom. The van der Waals surface area contributed by atoms with Crippen molar-refractivity contribution < 1.29 is 17.9 Å². The fraction of sp³-hybridized carbons (Fsp3) is 0.500. The normalized spacial score (nSPS) is 19.9. The van der Waals surface area contributed by atoms with Gasteiger partial charge in [-0.3, -0.25) is 4.79 Å². The van der Waals surface area contributed by atoms with Gasteiger partial charge in [-0.2, -0.15) is 16.1 Å². The summed E-state index contributed by atoms with van der Waals surface area (Å²) in [7, 11) is -3.79. The van der Waals surface area contributed by atoms with E-state index in [1.165, 1.54) is 10.4 Å². The minimum Gasteiger partial charge on any atom is -0.465 e. The van der Waals surface area contributed by atoms with Crippen LogP contribution in [-0.4, -0.2) is 49.4 Å². The van der Waals surface area contributed by atoms with E-state index in [4.69, 9.17) is 16.3 Å². The molecule has 0 aliphatic carbocycles. The molecule has 0 radical (unpaired) electrons. The molecule has 122 valence electrons. The maximum Gasteiger partial charge on any atom is 0.325 e. The number of nitrogens with zero attached hydrogens (tertiary/aromatic N) is 1. The van der Waals surface area contributed by atoms with E-state index < -0.39 is 22.0 Å². The molecule has 1 saturated heterocycles. The highest BCUT2D eigenvalue weighted by Gasteiger charge is 2.39. The zero-order valence-electron chi connectivity index (χ0n) is 12.4. The molecule has 1 aliphatic heterocycles. The standard InChI is InChI=1S/C14H18ClNO4S2/c1-3-20-14(17)12-9-21-8-7-16(12)22(18,19)13-6-4-5-11(15)10(13)2/h4-6,12H,3,7-9H2,1-2H3/t12-/m0/s1. The van der Waals surface area contributed by atoms with Crippen molar-refractivity contribution in [3.8, 4) is 0 Å². The van der Waals surface area contributed by atoms with Crippen LogP contribution in [0, 0.1) is 6.92 Å². The highest BCUT2D eigenvalue weighted by Crippen LogP contribution is 2.29. The van der Waals surface area contributed by atoms with Gasteiger partial charge < -0.3 is 4.74 Å². The number of thioether (sulfide) groups is 1. The van der Waals surface area contributed by atoms with Crippen LogP contribution < -0.4 is 0 Å². The van der Waals surface area contributed by atoms with Crippen LogP contribution in [0.2, 0.25) is 5.02 Å². The molecule has 1 heterocycles. The molecule has 1 fully saturated rings. The molecule has 1 aliphatic rings. The molecular weight excluding hydrogens is 346 g/mol. The Balaban J connectivity index is 2.41. The largest absolute Gasteiger partial charge is 0.465 e. The summed E-state index contributed by atoms with van der Waals surface area (Å²) >= 11 is 7.58. The average molecular weight is 364 g/mol. The molecule has 1 aromatic carbocycles. The monoisotopic (exact) mass is 363 g/mol. The molecule has 0 aromatic heterocycles. The summed E-state index contributed by atoms with van der Waals surface area (Å²) in [6.07, 6.45) is 0. The number of carbonyl (C=O) groups excluding carboxylic acids is 1. The molecule has 8 heteroatoms. The van der Waals surface area contributed by atoms with Crippen LogP contribution >= 0.6 is 23.4 Å². The fourth-order valence-electron chi connectivity index (χ4n) is 2.29. The van der Waals surface area contributed by atoms with Crippen molar-refractivity contribution in [1.82, 2.24) is 4.31 Å². The van der Waals surface area contributed by atoms with Crippen molar-refractivity contribution in [2.75, 3.05) is 24.7 Å². The number of sulfonamides is 1. The third-order valence-corrected chi connectivity index (χ3v) is 6.93. The summed E-state index contributed by atoms with van der Waals surface area (Å²) in [5.41, 5.74) is 0.491. The van der Waals surface area contributed by atoms with Gasteiger partial charge in [0.25, 0.3) is 0 Å². The van der Waals surface area contributed by atoms with Crippen molar-refractivity contribution >= 4 is 39.4 Å². The first-order chi connectivity index (χ1) is 10.4. The number of ether oxygens (including phenoxy) is 1. The van der Waals surface area contributed by atoms with E-state index in [1.807, 2.05) is 0 Å². The first kappa shape index (κ1) is 17.6. The van der Waals surface area contributed by atoms with Crippen LogP contribution in [-0.2, 0) is 19.6 Å². The van der Waals surface area contributed by atoms with E-state index in [0.717, 1.165) is 0 Å². The van der Waals surface area contributed by atoms with Crippen LogP contribution in [0.4, 0.5) is 0 Å². The first-order valence-corrected chi connectivity index (χ1v) is 9.88. The lowest BCUT2D eigenvalue weighted by Crippen LogP contribution is -2.50. The summed E-state index contributed by atoms with van der Waals surface area (Å²) < 4.78 is 32.1. The fourth-order valence-corrected chi connectivity index (χ4v) is 5.59. The van der Waals surface area contributed by atoms with Gasteiger partial charge in [0.1, 0.15) is 6.04 Å². The first-order valence-electron chi connectivity index (χ1n) is 6.91. The van der Waals surface area contributed by atoms with Crippen LogP contribution in [0.1, 0.15) is 12.5 Å². The second-order valence-electron chi connectivity index (χ2n) is 4.82. The van der Waals surface area contributed by atoms with Crippen molar-refractivity contribution in [1.29, 1.82) is 0 Å². The van der Waals surface area contributed by atoms with Crippen LogP contribution in [0.5, 0.6) is 0 Å². The van der Waals surface area contributed by atoms with Crippen LogP contribution in [0.3, 0.4) is 0 Å². The number of benzene rings is 1. The highest BCUT2D eigenvalue weighted by atomic mass is 35.5. The second-order valence-corrected chi connectivity index (χ2v) is 8.24. The van der Waals surface area contributed by atoms with Gasteiger partial charge in [0.2, 0.25) is 10.0 Å². The molecule has 22 heavy (non-hydrogen) atoms. The van der Waals surface area contributed by atoms with Gasteiger partial charge in [-0.1, -0.05) is 17.7 Å². The Kier molecular flexibility index (Phi) is 5.76. The lowest BCUT2D eigenvalue weighted by atomic mass is 10.2. The van der Waals surface area contributed by atoms with E-state index in [-0.39, 0.29) is 18.0 Å². The molecule has 0 saturated carbocycles. The van der Waals surface area contributed by atoms with E-state index in [1.54, 1.807) is 37.7 Å². The molecule has 2 rings (SSSR count). The smallest absolute Gasteiger partial charge is 0.325 e. The van der Waals surface area contributed by atoms with Crippen LogP contribution in [0.25, 0.3) is 0 Å². The Bertz CT molecular complexity index is 663. The molecule has 0 bridgehead atoms. The van der Waals surface area contributed by atoms with Crippen LogP contribution in [0.15, 0.2) is 23.1 Å². The molecule has 1 aromatic rings. The lowest BCUT2D eigenvalue weighted by molar-refractivity contribution is -0.146. The van der Waals surface area contributed by atoms with Crippen molar-refractivity contribution in [3.63, 3.8) is 0 Å². The van der Waals surface area contributed by atoms with Crippen molar-refractivity contribution in [2.45, 2.75) is 24.8 Å². The van der Waals surface area contributed by atoms with Gasteiger partial charge in [0.05, 0.1) is 11.5 Å². The minimum atomic E-state index is -3.79. The molecule has 0 spiro atoms. The molecule has 0 N–H and O–H groups in total. The third kappa shape index (κ3) is 3.42. The SMILES string of the molecule is CCOC(=O)[C@@H]1CSCCN1S(=O)(=O)c1cccc(Cl)c1C. The molecular formula is C14H18ClNO4S2. The van der Waals surface area contributed by atoms with Gasteiger partial charge >= 0.3 is 5.97 Å². The second kappa shape index (κ2) is 7.21. The Morgan fingerprint density at radius 2 is 2.23 bits per heavy atom. The third-order valence-electron chi connectivity index (χ3n) is 3.44. The van der Waals surface area contributed by atoms with Gasteiger partial charge in [-0.05, 0) is 31.5 Å². The molecule has 5 nitrogen and oxygen atoms in total. The molecule has 0 amide bonds. The quantitative estimate of drug-likeness (QED) is 0.768. The maximum absolute atomic E-state index is 12.9. The summed E-state index contributed by atoms with van der Waals surface area (Å²) in [5, 5.41) is 0.389. The van der Waals surface area contributed by atoms with Gasteiger partial charge in [-0.15, -0.1) is 0 Å². The predicted octanol–water partition coefficient (Wildman–Crippen LogP) is 2.32. The summed E-state index contributed by atoms with van der Waals surface area (Å²) in [5.74, 6) is 0.546. The van der Waals surface area contributed by atoms with E-state index >= 15 is 0 Å². The van der Waals surface area contributed by atoms with E-state index in [2.05, 4.69) is 0 Å². The van der Waals surface area contributed by atoms with Gasteiger partial charge in [0.15, 0.2) is 0 Å². The number of hydrogen-bond donors (Lipinski definition) is 0. The number of hydrogen-bond acceptors (Lipinski definition) is 5. The number of esters is 1. The minimum absolute atomic E-state index is 0.140. The maximum atomic E-state index is 12.9. The Hall–Kier alpha value is -0.760. The zero-order valence-corrected chi connectivity index (χ0v) is 14.8. The van der Waals surface area contributed by atoms with Crippen molar-refractivity contribution in [3.05, 3.63) is 28.8 Å². The van der Waals surface area contributed by atoms with Gasteiger partial charge in [-0.25, -0.2) is 8.42 Å². The summed E-state index contributed by atoms with van der Waals surface area (Å²) in [4.78, 5) is 12.2. The Labute approximate surface area is 140 Å².